The van der Waals surface area contributed by atoms with Crippen LogP contribution in [0.25, 0.3) is 16.5 Å². The van der Waals surface area contributed by atoms with E-state index in [1.807, 2.05) is 12.3 Å². The van der Waals surface area contributed by atoms with Crippen molar-refractivity contribution in [2.75, 3.05) is 13.1 Å². The topological polar surface area (TPSA) is 27.8 Å². The Morgan fingerprint density at radius 3 is 2.82 bits per heavy atom. The van der Waals surface area contributed by atoms with Gasteiger partial charge in [0.1, 0.15) is 0 Å². The smallest absolute Gasteiger partial charge is 0.0520 e. The van der Waals surface area contributed by atoms with Gasteiger partial charge in [-0.2, -0.15) is 0 Å². The highest BCUT2D eigenvalue weighted by Gasteiger charge is 2.13. The Morgan fingerprint density at radius 2 is 2.06 bits per heavy atom. The summed E-state index contributed by atoms with van der Waals surface area (Å²) in [6.07, 6.45) is 5.27. The molecule has 4 heteroatoms. The number of hydrogen-bond acceptors (Lipinski definition) is 1. The maximum Gasteiger partial charge on any atom is 0.0520 e. The summed E-state index contributed by atoms with van der Waals surface area (Å²) in [7, 11) is 0. The molecule has 1 aliphatic rings. The van der Waals surface area contributed by atoms with E-state index in [9.17, 15) is 0 Å². The second-order valence-corrected chi connectivity index (χ2v) is 5.04. The van der Waals surface area contributed by atoms with Crippen LogP contribution in [-0.2, 0) is 0 Å². The molecule has 0 saturated carbocycles. The standard InChI is InChI=1S/C13H12Cl2N2/c14-9-5-11(15)13-10(7-17-12(13)6-9)8-1-3-16-4-2-8/h1,5-7,16-17H,2-4H2. The molecule has 0 bridgehead atoms. The first kappa shape index (κ1) is 11.1. The molecule has 0 aliphatic carbocycles. The SMILES string of the molecule is Clc1cc(Cl)c2c(C3=CCNCC3)c[nH]c2c1. The van der Waals surface area contributed by atoms with Crippen molar-refractivity contribution in [1.29, 1.82) is 0 Å². The maximum atomic E-state index is 6.28. The molecule has 0 spiro atoms. The van der Waals surface area contributed by atoms with E-state index in [1.54, 1.807) is 6.07 Å². The van der Waals surface area contributed by atoms with Crippen LogP contribution < -0.4 is 5.32 Å². The molecule has 0 radical (unpaired) electrons. The van der Waals surface area contributed by atoms with Crippen LogP contribution in [-0.4, -0.2) is 18.1 Å². The Hall–Kier alpha value is -0.960. The highest BCUT2D eigenvalue weighted by atomic mass is 35.5. The summed E-state index contributed by atoms with van der Waals surface area (Å²) in [5.74, 6) is 0. The fourth-order valence-corrected chi connectivity index (χ4v) is 2.90. The maximum absolute atomic E-state index is 6.28. The average molecular weight is 267 g/mol. The van der Waals surface area contributed by atoms with Crippen LogP contribution in [0.4, 0.5) is 0 Å². The van der Waals surface area contributed by atoms with E-state index in [2.05, 4.69) is 16.4 Å². The molecule has 0 unspecified atom stereocenters. The Kier molecular flexibility index (Phi) is 2.87. The molecule has 0 atom stereocenters. The number of halogens is 2. The van der Waals surface area contributed by atoms with Gasteiger partial charge in [0.2, 0.25) is 0 Å². The molecule has 1 aliphatic heterocycles. The normalized spacial score (nSPS) is 16.2. The van der Waals surface area contributed by atoms with Crippen LogP contribution in [0.5, 0.6) is 0 Å². The number of nitrogens with one attached hydrogen (secondary N) is 2. The zero-order valence-electron chi connectivity index (χ0n) is 9.19. The lowest BCUT2D eigenvalue weighted by atomic mass is 10.00. The van der Waals surface area contributed by atoms with Crippen molar-refractivity contribution in [3.05, 3.63) is 40.0 Å². The third-order valence-corrected chi connectivity index (χ3v) is 3.62. The van der Waals surface area contributed by atoms with E-state index in [0.717, 1.165) is 30.4 Å². The molecule has 0 amide bonds. The molecule has 0 saturated heterocycles. The first-order valence-corrected chi connectivity index (χ1v) is 6.37. The largest absolute Gasteiger partial charge is 0.360 e. The molecule has 0 fully saturated rings. The Bertz CT molecular complexity index is 599. The van der Waals surface area contributed by atoms with E-state index in [4.69, 9.17) is 23.2 Å². The van der Waals surface area contributed by atoms with Gasteiger partial charge in [-0.25, -0.2) is 0 Å². The van der Waals surface area contributed by atoms with Crippen molar-refractivity contribution in [3.63, 3.8) is 0 Å². The number of hydrogen-bond donors (Lipinski definition) is 2. The van der Waals surface area contributed by atoms with E-state index in [1.165, 1.54) is 11.1 Å². The van der Waals surface area contributed by atoms with E-state index in [-0.39, 0.29) is 0 Å². The molecule has 88 valence electrons. The summed E-state index contributed by atoms with van der Waals surface area (Å²) in [5.41, 5.74) is 3.54. The van der Waals surface area contributed by atoms with Gasteiger partial charge in [-0.1, -0.05) is 29.3 Å². The third-order valence-electron chi connectivity index (χ3n) is 3.11. The number of benzene rings is 1. The van der Waals surface area contributed by atoms with E-state index >= 15 is 0 Å². The van der Waals surface area contributed by atoms with Gasteiger partial charge in [0.05, 0.1) is 5.02 Å². The predicted molar refractivity (Wildman–Crippen MR) is 73.8 cm³/mol. The second-order valence-electron chi connectivity index (χ2n) is 4.20. The molecule has 17 heavy (non-hydrogen) atoms. The molecule has 1 aromatic carbocycles. The van der Waals surface area contributed by atoms with Crippen molar-refractivity contribution in [1.82, 2.24) is 10.3 Å². The van der Waals surface area contributed by atoms with Crippen molar-refractivity contribution in [2.24, 2.45) is 0 Å². The summed E-state index contributed by atoms with van der Waals surface area (Å²) < 4.78 is 0. The van der Waals surface area contributed by atoms with Crippen molar-refractivity contribution < 1.29 is 0 Å². The quantitative estimate of drug-likeness (QED) is 0.807. The van der Waals surface area contributed by atoms with Gasteiger partial charge in [0, 0.05) is 34.2 Å². The van der Waals surface area contributed by atoms with Crippen LogP contribution in [0, 0.1) is 0 Å². The lowest BCUT2D eigenvalue weighted by molar-refractivity contribution is 0.739. The minimum absolute atomic E-state index is 0.662. The highest BCUT2D eigenvalue weighted by molar-refractivity contribution is 6.39. The van der Waals surface area contributed by atoms with Crippen LogP contribution in [0.3, 0.4) is 0 Å². The number of fused-ring (bicyclic) bond motifs is 1. The second kappa shape index (κ2) is 4.37. The molecular weight excluding hydrogens is 255 g/mol. The summed E-state index contributed by atoms with van der Waals surface area (Å²) in [4.78, 5) is 3.24. The predicted octanol–water partition coefficient (Wildman–Crippen LogP) is 3.85. The summed E-state index contributed by atoms with van der Waals surface area (Å²) >= 11 is 12.3. The summed E-state index contributed by atoms with van der Waals surface area (Å²) in [5, 5.41) is 5.75. The minimum atomic E-state index is 0.662. The van der Waals surface area contributed by atoms with Crippen LogP contribution >= 0.6 is 23.2 Å². The van der Waals surface area contributed by atoms with Gasteiger partial charge < -0.3 is 10.3 Å². The Labute approximate surface area is 110 Å². The zero-order chi connectivity index (χ0) is 11.8. The van der Waals surface area contributed by atoms with Gasteiger partial charge in [0.15, 0.2) is 0 Å². The van der Waals surface area contributed by atoms with Crippen LogP contribution in [0.15, 0.2) is 24.4 Å². The fourth-order valence-electron chi connectivity index (χ4n) is 2.30. The Balaban J connectivity index is 2.20. The van der Waals surface area contributed by atoms with E-state index in [0.29, 0.717) is 10.0 Å². The number of aromatic nitrogens is 1. The average Bonchev–Trinajstić information content (AvgIpc) is 2.74. The van der Waals surface area contributed by atoms with E-state index < -0.39 is 0 Å². The number of rotatable bonds is 1. The summed E-state index contributed by atoms with van der Waals surface area (Å²) in [6, 6.07) is 3.71. The minimum Gasteiger partial charge on any atom is -0.360 e. The van der Waals surface area contributed by atoms with Crippen molar-refractivity contribution in [2.45, 2.75) is 6.42 Å². The van der Waals surface area contributed by atoms with Crippen LogP contribution in [0.2, 0.25) is 10.0 Å². The molecule has 1 aromatic heterocycles. The lowest BCUT2D eigenvalue weighted by Gasteiger charge is -2.13. The molecule has 2 aromatic rings. The van der Waals surface area contributed by atoms with Gasteiger partial charge >= 0.3 is 0 Å². The molecule has 2 heterocycles. The van der Waals surface area contributed by atoms with Crippen LogP contribution in [0.1, 0.15) is 12.0 Å². The zero-order valence-corrected chi connectivity index (χ0v) is 10.7. The molecule has 3 rings (SSSR count). The van der Waals surface area contributed by atoms with Gasteiger partial charge in [0.25, 0.3) is 0 Å². The Morgan fingerprint density at radius 1 is 1.18 bits per heavy atom. The van der Waals surface area contributed by atoms with Gasteiger partial charge in [-0.05, 0) is 30.7 Å². The first-order chi connectivity index (χ1) is 8.25. The summed E-state index contributed by atoms with van der Waals surface area (Å²) in [6.45, 7) is 1.94. The first-order valence-electron chi connectivity index (χ1n) is 5.62. The molecule has 2 N–H and O–H groups in total. The molecular formula is C13H12Cl2N2. The lowest BCUT2D eigenvalue weighted by Crippen LogP contribution is -2.19. The van der Waals surface area contributed by atoms with Crippen molar-refractivity contribution in [3.8, 4) is 0 Å². The fraction of sp³-hybridized carbons (Fsp3) is 0.231. The van der Waals surface area contributed by atoms with Gasteiger partial charge in [-0.3, -0.25) is 0 Å². The van der Waals surface area contributed by atoms with Crippen molar-refractivity contribution >= 4 is 39.7 Å². The van der Waals surface area contributed by atoms with Gasteiger partial charge in [-0.15, -0.1) is 0 Å². The number of H-pyrrole nitrogens is 1. The monoisotopic (exact) mass is 266 g/mol. The number of aromatic amines is 1. The molecule has 2 nitrogen and oxygen atoms in total. The third kappa shape index (κ3) is 1.97. The highest BCUT2D eigenvalue weighted by Crippen LogP contribution is 2.34.